The summed E-state index contributed by atoms with van der Waals surface area (Å²) >= 11 is 0. The first-order chi connectivity index (χ1) is 8.33. The van der Waals surface area contributed by atoms with E-state index in [0.29, 0.717) is 11.8 Å². The van der Waals surface area contributed by atoms with Gasteiger partial charge >= 0.3 is 0 Å². The lowest BCUT2D eigenvalue weighted by Gasteiger charge is -2.19. The van der Waals surface area contributed by atoms with Crippen LogP contribution in [0.25, 0.3) is 0 Å². The summed E-state index contributed by atoms with van der Waals surface area (Å²) in [5, 5.41) is 7.54. The second-order valence-electron chi connectivity index (χ2n) is 5.26. The summed E-state index contributed by atoms with van der Waals surface area (Å²) in [6.07, 6.45) is 3.40. The molecule has 0 aromatic carbocycles. The van der Waals surface area contributed by atoms with E-state index in [-0.39, 0.29) is 0 Å². The Balaban J connectivity index is 1.69. The van der Waals surface area contributed by atoms with Crippen LogP contribution < -0.4 is 5.32 Å². The molecule has 2 aliphatic rings. The molecule has 0 radical (unpaired) electrons. The quantitative estimate of drug-likeness (QED) is 0.828. The maximum atomic E-state index is 5.44. The first-order valence-electron chi connectivity index (χ1n) is 6.55. The van der Waals surface area contributed by atoms with E-state index in [0.717, 1.165) is 57.2 Å². The number of likely N-dealkylation sites (tertiary alicyclic amines) is 1. The van der Waals surface area contributed by atoms with E-state index in [1.807, 2.05) is 0 Å². The van der Waals surface area contributed by atoms with Crippen LogP contribution in [0.2, 0.25) is 0 Å². The van der Waals surface area contributed by atoms with E-state index >= 15 is 0 Å². The predicted octanol–water partition coefficient (Wildman–Crippen LogP) is 0.956. The van der Waals surface area contributed by atoms with Crippen molar-refractivity contribution < 1.29 is 4.52 Å². The molecule has 0 spiro atoms. The molecule has 1 unspecified atom stereocenters. The van der Waals surface area contributed by atoms with Gasteiger partial charge < -0.3 is 14.7 Å². The van der Waals surface area contributed by atoms with Crippen LogP contribution >= 0.6 is 0 Å². The average molecular weight is 236 g/mol. The molecule has 1 aromatic heterocycles. The van der Waals surface area contributed by atoms with Crippen LogP contribution in [0.1, 0.15) is 42.8 Å². The first-order valence-corrected chi connectivity index (χ1v) is 6.55. The molecule has 5 nitrogen and oxygen atoms in total. The van der Waals surface area contributed by atoms with Gasteiger partial charge in [-0.25, -0.2) is 0 Å². The van der Waals surface area contributed by atoms with Gasteiger partial charge in [0.25, 0.3) is 0 Å². The first kappa shape index (κ1) is 11.2. The monoisotopic (exact) mass is 236 g/mol. The lowest BCUT2D eigenvalue weighted by molar-refractivity contribution is 0.336. The minimum atomic E-state index is 0.447. The van der Waals surface area contributed by atoms with Crippen molar-refractivity contribution in [3.8, 4) is 0 Å². The Morgan fingerprint density at radius 3 is 2.76 bits per heavy atom. The van der Waals surface area contributed by atoms with E-state index in [1.165, 1.54) is 0 Å². The van der Waals surface area contributed by atoms with Crippen molar-refractivity contribution in [2.75, 3.05) is 33.2 Å². The highest BCUT2D eigenvalue weighted by atomic mass is 16.5. The van der Waals surface area contributed by atoms with Crippen molar-refractivity contribution in [3.05, 3.63) is 11.7 Å². The van der Waals surface area contributed by atoms with Crippen molar-refractivity contribution >= 4 is 0 Å². The highest BCUT2D eigenvalue weighted by molar-refractivity contribution is 5.02. The third-order valence-electron chi connectivity index (χ3n) is 3.90. The number of hydrogen-bond acceptors (Lipinski definition) is 5. The van der Waals surface area contributed by atoms with Crippen molar-refractivity contribution in [2.45, 2.75) is 31.1 Å². The molecule has 1 aromatic rings. The SMILES string of the molecule is CN1CCC(c2nc(C3CCNCC3)no2)C1. The van der Waals surface area contributed by atoms with Crippen LogP contribution in [0.3, 0.4) is 0 Å². The summed E-state index contributed by atoms with van der Waals surface area (Å²) in [4.78, 5) is 6.94. The van der Waals surface area contributed by atoms with Crippen LogP contribution in [0.5, 0.6) is 0 Å². The van der Waals surface area contributed by atoms with Crippen LogP contribution in [0.4, 0.5) is 0 Å². The fourth-order valence-corrected chi connectivity index (χ4v) is 2.80. The zero-order valence-corrected chi connectivity index (χ0v) is 10.4. The smallest absolute Gasteiger partial charge is 0.231 e. The summed E-state index contributed by atoms with van der Waals surface area (Å²) in [6, 6.07) is 0. The summed E-state index contributed by atoms with van der Waals surface area (Å²) in [7, 11) is 2.14. The van der Waals surface area contributed by atoms with Gasteiger partial charge in [-0.3, -0.25) is 0 Å². The molecule has 2 saturated heterocycles. The number of likely N-dealkylation sites (N-methyl/N-ethyl adjacent to an activating group) is 1. The van der Waals surface area contributed by atoms with Gasteiger partial charge in [0.05, 0.1) is 5.92 Å². The number of rotatable bonds is 2. The number of nitrogens with zero attached hydrogens (tertiary/aromatic N) is 3. The van der Waals surface area contributed by atoms with Gasteiger partial charge in [0, 0.05) is 12.5 Å². The van der Waals surface area contributed by atoms with Crippen LogP contribution in [-0.4, -0.2) is 48.3 Å². The molecular weight excluding hydrogens is 216 g/mol. The highest BCUT2D eigenvalue weighted by Gasteiger charge is 2.28. The summed E-state index contributed by atoms with van der Waals surface area (Å²) in [5.74, 6) is 2.72. The lowest BCUT2D eigenvalue weighted by Crippen LogP contribution is -2.27. The molecule has 5 heteroatoms. The van der Waals surface area contributed by atoms with Crippen molar-refractivity contribution in [1.82, 2.24) is 20.4 Å². The highest BCUT2D eigenvalue weighted by Crippen LogP contribution is 2.28. The molecule has 94 valence electrons. The maximum absolute atomic E-state index is 5.44. The summed E-state index contributed by atoms with van der Waals surface area (Å²) in [6.45, 7) is 4.32. The van der Waals surface area contributed by atoms with Crippen LogP contribution in [0, 0.1) is 0 Å². The Labute approximate surface area is 102 Å². The largest absolute Gasteiger partial charge is 0.339 e. The van der Waals surface area contributed by atoms with Crippen LogP contribution in [0.15, 0.2) is 4.52 Å². The Bertz CT molecular complexity index is 353. The van der Waals surface area contributed by atoms with Gasteiger partial charge in [-0.05, 0) is 45.9 Å². The van der Waals surface area contributed by atoms with E-state index in [2.05, 4.69) is 27.4 Å². The number of nitrogens with one attached hydrogen (secondary N) is 1. The Morgan fingerprint density at radius 1 is 1.24 bits per heavy atom. The Morgan fingerprint density at radius 2 is 2.06 bits per heavy atom. The minimum Gasteiger partial charge on any atom is -0.339 e. The van der Waals surface area contributed by atoms with Gasteiger partial charge in [0.15, 0.2) is 5.82 Å². The Hall–Kier alpha value is -0.940. The molecule has 0 aliphatic carbocycles. The molecule has 0 bridgehead atoms. The molecule has 1 atom stereocenters. The molecular formula is C12H20N4O. The molecule has 1 N–H and O–H groups in total. The van der Waals surface area contributed by atoms with Crippen LogP contribution in [-0.2, 0) is 0 Å². The predicted molar refractivity (Wildman–Crippen MR) is 64.0 cm³/mol. The summed E-state index contributed by atoms with van der Waals surface area (Å²) in [5.41, 5.74) is 0. The Kier molecular flexibility index (Phi) is 3.11. The number of aromatic nitrogens is 2. The van der Waals surface area contributed by atoms with Gasteiger partial charge in [-0.1, -0.05) is 5.16 Å². The minimum absolute atomic E-state index is 0.447. The van der Waals surface area contributed by atoms with Crippen molar-refractivity contribution in [3.63, 3.8) is 0 Å². The molecule has 0 saturated carbocycles. The van der Waals surface area contributed by atoms with E-state index in [1.54, 1.807) is 0 Å². The number of piperidine rings is 1. The molecule has 2 aliphatic heterocycles. The van der Waals surface area contributed by atoms with E-state index in [9.17, 15) is 0 Å². The molecule has 3 rings (SSSR count). The topological polar surface area (TPSA) is 54.2 Å². The normalized spacial score (nSPS) is 27.7. The van der Waals surface area contributed by atoms with Gasteiger partial charge in [-0.2, -0.15) is 4.98 Å². The fourth-order valence-electron chi connectivity index (χ4n) is 2.80. The number of hydrogen-bond donors (Lipinski definition) is 1. The average Bonchev–Trinajstić information content (AvgIpc) is 2.98. The van der Waals surface area contributed by atoms with Crippen molar-refractivity contribution in [2.24, 2.45) is 0 Å². The summed E-state index contributed by atoms with van der Waals surface area (Å²) < 4.78 is 5.44. The van der Waals surface area contributed by atoms with E-state index in [4.69, 9.17) is 4.52 Å². The lowest BCUT2D eigenvalue weighted by atomic mass is 9.97. The second kappa shape index (κ2) is 4.74. The van der Waals surface area contributed by atoms with Gasteiger partial charge in [-0.15, -0.1) is 0 Å². The molecule has 17 heavy (non-hydrogen) atoms. The standard InChI is InChI=1S/C12H20N4O/c1-16-7-4-10(8-16)12-14-11(15-17-12)9-2-5-13-6-3-9/h9-10,13H,2-8H2,1H3. The molecule has 2 fully saturated rings. The van der Waals surface area contributed by atoms with Crippen molar-refractivity contribution in [1.29, 1.82) is 0 Å². The zero-order valence-electron chi connectivity index (χ0n) is 10.4. The third-order valence-corrected chi connectivity index (χ3v) is 3.90. The van der Waals surface area contributed by atoms with E-state index < -0.39 is 0 Å². The maximum Gasteiger partial charge on any atom is 0.231 e. The molecule has 3 heterocycles. The zero-order chi connectivity index (χ0) is 11.7. The van der Waals surface area contributed by atoms with Gasteiger partial charge in [0.2, 0.25) is 5.89 Å². The third kappa shape index (κ3) is 2.35. The second-order valence-corrected chi connectivity index (χ2v) is 5.26. The fraction of sp³-hybridized carbons (Fsp3) is 0.833. The van der Waals surface area contributed by atoms with Gasteiger partial charge in [0.1, 0.15) is 0 Å². The molecule has 0 amide bonds.